The van der Waals surface area contributed by atoms with Crippen LogP contribution in [-0.2, 0) is 9.84 Å². The summed E-state index contributed by atoms with van der Waals surface area (Å²) >= 11 is 1.38. The van der Waals surface area contributed by atoms with E-state index < -0.39 is 9.84 Å². The maximum atomic E-state index is 11.4. The molecule has 2 aromatic heterocycles. The van der Waals surface area contributed by atoms with Gasteiger partial charge in [-0.15, -0.1) is 10.2 Å². The highest BCUT2D eigenvalue weighted by molar-refractivity contribution is 8.00. The van der Waals surface area contributed by atoms with E-state index in [1.165, 1.54) is 18.0 Å². The normalized spacial score (nSPS) is 11.6. The first-order chi connectivity index (χ1) is 12.0. The van der Waals surface area contributed by atoms with E-state index >= 15 is 0 Å². The summed E-state index contributed by atoms with van der Waals surface area (Å²) in [6, 6.07) is 11.7. The number of aryl methyl sites for hydroxylation is 1. The molecular formula is C17H18N4O2S2. The Labute approximate surface area is 151 Å². The Bertz CT molecular complexity index is 969. The van der Waals surface area contributed by atoms with Crippen molar-refractivity contribution >= 4 is 21.6 Å². The van der Waals surface area contributed by atoms with Crippen molar-refractivity contribution in [3.8, 4) is 17.1 Å². The number of rotatable bonds is 6. The maximum absolute atomic E-state index is 11.4. The van der Waals surface area contributed by atoms with Gasteiger partial charge in [-0.05, 0) is 30.7 Å². The lowest BCUT2D eigenvalue weighted by Gasteiger charge is -2.12. The third-order valence-electron chi connectivity index (χ3n) is 3.59. The van der Waals surface area contributed by atoms with Crippen molar-refractivity contribution in [3.05, 3.63) is 54.4 Å². The molecule has 0 aliphatic rings. The van der Waals surface area contributed by atoms with Gasteiger partial charge < -0.3 is 0 Å². The number of pyridine rings is 1. The summed E-state index contributed by atoms with van der Waals surface area (Å²) in [6.07, 6.45) is 4.68. The molecule has 1 aromatic carbocycles. The zero-order valence-electron chi connectivity index (χ0n) is 14.0. The predicted octanol–water partition coefficient (Wildman–Crippen LogP) is 2.77. The van der Waals surface area contributed by atoms with E-state index in [1.807, 2.05) is 47.9 Å². The van der Waals surface area contributed by atoms with Crippen LogP contribution in [0.3, 0.4) is 0 Å². The number of sulfone groups is 1. The average Bonchev–Trinajstić information content (AvgIpc) is 2.99. The lowest BCUT2D eigenvalue weighted by molar-refractivity contribution is 0.603. The quantitative estimate of drug-likeness (QED) is 0.618. The van der Waals surface area contributed by atoms with Gasteiger partial charge in [-0.2, -0.15) is 0 Å². The van der Waals surface area contributed by atoms with Gasteiger partial charge in [0.1, 0.15) is 9.84 Å². The Hall–Kier alpha value is -2.19. The van der Waals surface area contributed by atoms with Crippen LogP contribution in [0.4, 0.5) is 0 Å². The third-order valence-corrected chi connectivity index (χ3v) is 5.73. The van der Waals surface area contributed by atoms with Gasteiger partial charge in [-0.1, -0.05) is 30.0 Å². The maximum Gasteiger partial charge on any atom is 0.196 e. The summed E-state index contributed by atoms with van der Waals surface area (Å²) in [5.41, 5.74) is 2.90. The lowest BCUT2D eigenvalue weighted by Crippen LogP contribution is -2.07. The third kappa shape index (κ3) is 4.26. The molecule has 0 atom stereocenters. The molecular weight excluding hydrogens is 356 g/mol. The van der Waals surface area contributed by atoms with Gasteiger partial charge in [0, 0.05) is 30.0 Å². The van der Waals surface area contributed by atoms with Crippen molar-refractivity contribution in [2.45, 2.75) is 12.1 Å². The van der Waals surface area contributed by atoms with E-state index in [0.717, 1.165) is 16.8 Å². The van der Waals surface area contributed by atoms with Crippen molar-refractivity contribution < 1.29 is 8.42 Å². The number of hydrogen-bond acceptors (Lipinski definition) is 6. The average molecular weight is 374 g/mol. The number of thioether (sulfide) groups is 1. The minimum Gasteiger partial charge on any atom is -0.270 e. The molecule has 0 fully saturated rings. The molecule has 0 unspecified atom stereocenters. The van der Waals surface area contributed by atoms with Gasteiger partial charge in [-0.3, -0.25) is 9.55 Å². The van der Waals surface area contributed by atoms with Crippen LogP contribution in [0.15, 0.2) is 53.9 Å². The summed E-state index contributed by atoms with van der Waals surface area (Å²) in [4.78, 5) is 4.15. The molecule has 3 rings (SSSR count). The standard InChI is InChI=1S/C17H18N4O2S2/c1-13-6-3-4-8-15(13)21-16(14-7-5-9-18-12-14)19-20-17(21)24-10-11-25(2,22)23/h3-9,12H,10-11H2,1-2H3. The van der Waals surface area contributed by atoms with Crippen LogP contribution in [0.2, 0.25) is 0 Å². The first kappa shape index (κ1) is 17.6. The van der Waals surface area contributed by atoms with Crippen LogP contribution in [0.5, 0.6) is 0 Å². The number of para-hydroxylation sites is 1. The van der Waals surface area contributed by atoms with Crippen LogP contribution in [0, 0.1) is 6.92 Å². The topological polar surface area (TPSA) is 77.7 Å². The van der Waals surface area contributed by atoms with Crippen molar-refractivity contribution in [1.29, 1.82) is 0 Å². The number of hydrogen-bond donors (Lipinski definition) is 0. The SMILES string of the molecule is Cc1ccccc1-n1c(SCCS(C)(=O)=O)nnc1-c1cccnc1. The molecule has 2 heterocycles. The van der Waals surface area contributed by atoms with Gasteiger partial charge in [-0.25, -0.2) is 8.42 Å². The summed E-state index contributed by atoms with van der Waals surface area (Å²) in [6.45, 7) is 2.02. The van der Waals surface area contributed by atoms with Crippen LogP contribution in [0.1, 0.15) is 5.56 Å². The molecule has 0 aliphatic carbocycles. The molecule has 0 radical (unpaired) electrons. The molecule has 0 spiro atoms. The first-order valence-electron chi connectivity index (χ1n) is 7.68. The fourth-order valence-electron chi connectivity index (χ4n) is 2.36. The molecule has 3 aromatic rings. The minimum absolute atomic E-state index is 0.0977. The predicted molar refractivity (Wildman–Crippen MR) is 99.8 cm³/mol. The molecule has 0 saturated heterocycles. The lowest BCUT2D eigenvalue weighted by atomic mass is 10.2. The van der Waals surface area contributed by atoms with E-state index in [2.05, 4.69) is 15.2 Å². The van der Waals surface area contributed by atoms with Gasteiger partial charge in [0.2, 0.25) is 0 Å². The molecule has 0 aliphatic heterocycles. The molecule has 0 amide bonds. The highest BCUT2D eigenvalue weighted by Gasteiger charge is 2.18. The van der Waals surface area contributed by atoms with E-state index in [4.69, 9.17) is 0 Å². The smallest absolute Gasteiger partial charge is 0.196 e. The van der Waals surface area contributed by atoms with Crippen LogP contribution in [-0.4, -0.2) is 45.9 Å². The summed E-state index contributed by atoms with van der Waals surface area (Å²) in [7, 11) is -3.01. The summed E-state index contributed by atoms with van der Waals surface area (Å²) < 4.78 is 24.7. The highest BCUT2D eigenvalue weighted by Crippen LogP contribution is 2.29. The first-order valence-corrected chi connectivity index (χ1v) is 10.7. The zero-order valence-corrected chi connectivity index (χ0v) is 15.6. The summed E-state index contributed by atoms with van der Waals surface area (Å²) in [5.74, 6) is 1.21. The van der Waals surface area contributed by atoms with Crippen molar-refractivity contribution in [3.63, 3.8) is 0 Å². The second kappa shape index (κ2) is 7.37. The molecule has 0 saturated carbocycles. The van der Waals surface area contributed by atoms with E-state index in [9.17, 15) is 8.42 Å². The largest absolute Gasteiger partial charge is 0.270 e. The Kier molecular flexibility index (Phi) is 5.19. The van der Waals surface area contributed by atoms with Crippen molar-refractivity contribution in [2.24, 2.45) is 0 Å². The molecule has 0 bridgehead atoms. The molecule has 6 nitrogen and oxygen atoms in total. The molecule has 130 valence electrons. The van der Waals surface area contributed by atoms with E-state index in [-0.39, 0.29) is 5.75 Å². The minimum atomic E-state index is -3.01. The van der Waals surface area contributed by atoms with Crippen LogP contribution < -0.4 is 0 Å². The van der Waals surface area contributed by atoms with Gasteiger partial charge in [0.05, 0.1) is 11.4 Å². The van der Waals surface area contributed by atoms with Crippen molar-refractivity contribution in [1.82, 2.24) is 19.7 Å². The van der Waals surface area contributed by atoms with E-state index in [0.29, 0.717) is 16.7 Å². The van der Waals surface area contributed by atoms with Gasteiger partial charge in [0.25, 0.3) is 0 Å². The Morgan fingerprint density at radius 2 is 1.92 bits per heavy atom. The fourth-order valence-corrected chi connectivity index (χ4v) is 4.50. The Balaban J connectivity index is 2.04. The molecule has 0 N–H and O–H groups in total. The van der Waals surface area contributed by atoms with Crippen LogP contribution >= 0.6 is 11.8 Å². The second-order valence-corrected chi connectivity index (χ2v) is 8.97. The Morgan fingerprint density at radius 3 is 2.60 bits per heavy atom. The van der Waals surface area contributed by atoms with E-state index in [1.54, 1.807) is 12.4 Å². The Morgan fingerprint density at radius 1 is 1.12 bits per heavy atom. The monoisotopic (exact) mass is 374 g/mol. The molecule has 25 heavy (non-hydrogen) atoms. The van der Waals surface area contributed by atoms with Gasteiger partial charge >= 0.3 is 0 Å². The zero-order chi connectivity index (χ0) is 17.9. The molecule has 8 heteroatoms. The fraction of sp³-hybridized carbons (Fsp3) is 0.235. The number of nitrogens with zero attached hydrogens (tertiary/aromatic N) is 4. The number of aromatic nitrogens is 4. The highest BCUT2D eigenvalue weighted by atomic mass is 32.2. The van der Waals surface area contributed by atoms with Crippen LogP contribution in [0.25, 0.3) is 17.1 Å². The van der Waals surface area contributed by atoms with Gasteiger partial charge in [0.15, 0.2) is 11.0 Å². The van der Waals surface area contributed by atoms with Crippen molar-refractivity contribution in [2.75, 3.05) is 17.8 Å². The number of benzene rings is 1. The summed E-state index contributed by atoms with van der Waals surface area (Å²) in [5, 5.41) is 9.27. The second-order valence-electron chi connectivity index (χ2n) is 5.65.